The van der Waals surface area contributed by atoms with Gasteiger partial charge in [-0.2, -0.15) is 0 Å². The van der Waals surface area contributed by atoms with Crippen LogP contribution in [0.1, 0.15) is 11.3 Å². The molecule has 4 heteroatoms. The molecule has 0 aromatic carbocycles. The molecule has 0 spiro atoms. The maximum Gasteiger partial charge on any atom is 0.156 e. The van der Waals surface area contributed by atoms with Crippen LogP contribution in [0.4, 0.5) is 5.82 Å². The van der Waals surface area contributed by atoms with Crippen molar-refractivity contribution < 1.29 is 0 Å². The molecule has 0 aliphatic carbocycles. The Kier molecular flexibility index (Phi) is 1.30. The van der Waals surface area contributed by atoms with Crippen LogP contribution in [0, 0.1) is 13.8 Å². The molecule has 0 atom stereocenters. The molecule has 0 saturated heterocycles. The third-order valence-corrected chi connectivity index (χ3v) is 1.75. The number of imidazole rings is 1. The maximum atomic E-state index is 5.57. The Morgan fingerprint density at radius 1 is 1.42 bits per heavy atom. The molecule has 4 nitrogen and oxygen atoms in total. The van der Waals surface area contributed by atoms with Gasteiger partial charge in [-0.1, -0.05) is 0 Å². The number of rotatable bonds is 0. The average Bonchev–Trinajstić information content (AvgIpc) is 2.29. The van der Waals surface area contributed by atoms with E-state index in [0.717, 1.165) is 16.9 Å². The molecule has 0 saturated carbocycles. The zero-order chi connectivity index (χ0) is 8.72. The summed E-state index contributed by atoms with van der Waals surface area (Å²) in [5.74, 6) is 0.525. The van der Waals surface area contributed by atoms with Gasteiger partial charge in [0.05, 0.1) is 11.9 Å². The van der Waals surface area contributed by atoms with E-state index in [-0.39, 0.29) is 0 Å². The van der Waals surface area contributed by atoms with Gasteiger partial charge in [0, 0.05) is 0 Å². The van der Waals surface area contributed by atoms with E-state index in [0.29, 0.717) is 5.82 Å². The molecule has 0 fully saturated rings. The van der Waals surface area contributed by atoms with Gasteiger partial charge >= 0.3 is 0 Å². The van der Waals surface area contributed by atoms with E-state index in [9.17, 15) is 0 Å². The van der Waals surface area contributed by atoms with Gasteiger partial charge in [0.1, 0.15) is 5.82 Å². The highest BCUT2D eigenvalue weighted by atomic mass is 15.3. The Labute approximate surface area is 70.0 Å². The number of aromatic nitrogens is 3. The fourth-order valence-corrected chi connectivity index (χ4v) is 1.27. The number of hydrogen-bond donors (Lipinski definition) is 1. The Morgan fingerprint density at radius 2 is 2.17 bits per heavy atom. The smallest absolute Gasteiger partial charge is 0.156 e. The Bertz CT molecular complexity index is 430. The van der Waals surface area contributed by atoms with Crippen molar-refractivity contribution in [3.05, 3.63) is 23.5 Å². The minimum atomic E-state index is 0.525. The van der Waals surface area contributed by atoms with E-state index in [1.54, 1.807) is 4.52 Å². The normalized spacial score (nSPS) is 10.8. The van der Waals surface area contributed by atoms with E-state index in [1.807, 2.05) is 26.1 Å². The molecule has 0 radical (unpaired) electrons. The van der Waals surface area contributed by atoms with Crippen molar-refractivity contribution in [3.63, 3.8) is 0 Å². The summed E-state index contributed by atoms with van der Waals surface area (Å²) in [7, 11) is 0. The van der Waals surface area contributed by atoms with Gasteiger partial charge in [-0.25, -0.2) is 9.50 Å². The van der Waals surface area contributed by atoms with E-state index in [2.05, 4.69) is 10.1 Å². The van der Waals surface area contributed by atoms with E-state index < -0.39 is 0 Å². The van der Waals surface area contributed by atoms with Crippen LogP contribution in [0.2, 0.25) is 0 Å². The van der Waals surface area contributed by atoms with Crippen LogP contribution in [0.15, 0.2) is 12.3 Å². The predicted octanol–water partition coefficient (Wildman–Crippen LogP) is 0.928. The molecular weight excluding hydrogens is 152 g/mol. The lowest BCUT2D eigenvalue weighted by Gasteiger charge is -1.97. The van der Waals surface area contributed by atoms with Crippen LogP contribution in [-0.4, -0.2) is 14.6 Å². The monoisotopic (exact) mass is 162 g/mol. The number of fused-ring (bicyclic) bond motifs is 1. The van der Waals surface area contributed by atoms with E-state index >= 15 is 0 Å². The summed E-state index contributed by atoms with van der Waals surface area (Å²) in [5, 5.41) is 4.09. The molecule has 0 bridgehead atoms. The van der Waals surface area contributed by atoms with Crippen molar-refractivity contribution in [1.82, 2.24) is 14.6 Å². The number of nitrogens with zero attached hydrogens (tertiary/aromatic N) is 3. The van der Waals surface area contributed by atoms with Crippen LogP contribution in [0.5, 0.6) is 0 Å². The van der Waals surface area contributed by atoms with Crippen molar-refractivity contribution in [2.75, 3.05) is 5.73 Å². The van der Waals surface area contributed by atoms with Crippen LogP contribution in [0.3, 0.4) is 0 Å². The lowest BCUT2D eigenvalue weighted by atomic mass is 10.3. The topological polar surface area (TPSA) is 56.2 Å². The molecule has 2 rings (SSSR count). The van der Waals surface area contributed by atoms with Gasteiger partial charge in [-0.05, 0) is 25.5 Å². The van der Waals surface area contributed by atoms with Gasteiger partial charge < -0.3 is 5.73 Å². The molecule has 0 amide bonds. The molecule has 2 aromatic rings. The molecule has 0 aliphatic heterocycles. The number of hydrogen-bond acceptors (Lipinski definition) is 3. The average molecular weight is 162 g/mol. The number of aryl methyl sites for hydroxylation is 2. The van der Waals surface area contributed by atoms with Crippen molar-refractivity contribution in [1.29, 1.82) is 0 Å². The summed E-state index contributed by atoms with van der Waals surface area (Å²) in [6, 6.07) is 1.82. The van der Waals surface area contributed by atoms with Crippen LogP contribution in [-0.2, 0) is 0 Å². The minimum absolute atomic E-state index is 0.525. The zero-order valence-corrected chi connectivity index (χ0v) is 7.07. The summed E-state index contributed by atoms with van der Waals surface area (Å²) >= 11 is 0. The Morgan fingerprint density at radius 3 is 2.92 bits per heavy atom. The molecule has 12 heavy (non-hydrogen) atoms. The number of nitrogens with two attached hydrogens (primary N) is 1. The third-order valence-electron chi connectivity index (χ3n) is 1.75. The van der Waals surface area contributed by atoms with Crippen LogP contribution < -0.4 is 5.73 Å². The summed E-state index contributed by atoms with van der Waals surface area (Å²) in [6.45, 7) is 3.91. The molecule has 2 aromatic heterocycles. The Hall–Kier alpha value is -1.58. The number of anilines is 1. The Balaban J connectivity index is 2.88. The standard InChI is InChI=1S/C8H10N4/c1-5-3-7(9)11-12-4-6(2)10-8(5)12/h3-4H,1-2H3,(H2,9,11). The highest BCUT2D eigenvalue weighted by Crippen LogP contribution is 2.10. The van der Waals surface area contributed by atoms with Crippen molar-refractivity contribution in [2.45, 2.75) is 13.8 Å². The van der Waals surface area contributed by atoms with Crippen LogP contribution >= 0.6 is 0 Å². The highest BCUT2D eigenvalue weighted by molar-refractivity contribution is 5.50. The third kappa shape index (κ3) is 0.922. The molecule has 0 aliphatic rings. The quantitative estimate of drug-likeness (QED) is 0.627. The fraction of sp³-hybridized carbons (Fsp3) is 0.250. The molecule has 2 heterocycles. The van der Waals surface area contributed by atoms with Crippen molar-refractivity contribution >= 4 is 11.5 Å². The van der Waals surface area contributed by atoms with Gasteiger partial charge in [0.2, 0.25) is 0 Å². The minimum Gasteiger partial charge on any atom is -0.382 e. The van der Waals surface area contributed by atoms with Gasteiger partial charge in [-0.3, -0.25) is 0 Å². The lowest BCUT2D eigenvalue weighted by Crippen LogP contribution is -1.98. The molecule has 62 valence electrons. The van der Waals surface area contributed by atoms with E-state index in [4.69, 9.17) is 5.73 Å². The molecule has 0 unspecified atom stereocenters. The SMILES string of the molecule is Cc1cn2nc(N)cc(C)c2n1. The molecule has 2 N–H and O–H groups in total. The maximum absolute atomic E-state index is 5.57. The second-order valence-corrected chi connectivity index (χ2v) is 2.90. The zero-order valence-electron chi connectivity index (χ0n) is 7.07. The fourth-order valence-electron chi connectivity index (χ4n) is 1.27. The summed E-state index contributed by atoms with van der Waals surface area (Å²) < 4.78 is 1.71. The largest absolute Gasteiger partial charge is 0.382 e. The molecular formula is C8H10N4. The van der Waals surface area contributed by atoms with Crippen LogP contribution in [0.25, 0.3) is 5.65 Å². The van der Waals surface area contributed by atoms with Crippen molar-refractivity contribution in [3.8, 4) is 0 Å². The summed E-state index contributed by atoms with van der Waals surface area (Å²) in [6.07, 6.45) is 1.86. The second-order valence-electron chi connectivity index (χ2n) is 2.90. The second kappa shape index (κ2) is 2.20. The first-order chi connectivity index (χ1) is 5.66. The highest BCUT2D eigenvalue weighted by Gasteiger charge is 2.02. The number of nitrogen functional groups attached to an aromatic ring is 1. The first kappa shape index (κ1) is 7.09. The first-order valence-corrected chi connectivity index (χ1v) is 3.76. The van der Waals surface area contributed by atoms with Crippen molar-refractivity contribution in [2.24, 2.45) is 0 Å². The van der Waals surface area contributed by atoms with Gasteiger partial charge in [0.25, 0.3) is 0 Å². The predicted molar refractivity (Wildman–Crippen MR) is 46.9 cm³/mol. The first-order valence-electron chi connectivity index (χ1n) is 3.76. The van der Waals surface area contributed by atoms with Gasteiger partial charge in [-0.15, -0.1) is 5.10 Å². The summed E-state index contributed by atoms with van der Waals surface area (Å²) in [4.78, 5) is 4.30. The van der Waals surface area contributed by atoms with Gasteiger partial charge in [0.15, 0.2) is 5.65 Å². The summed E-state index contributed by atoms with van der Waals surface area (Å²) in [5.41, 5.74) is 8.46. The lowest BCUT2D eigenvalue weighted by molar-refractivity contribution is 0.936. The van der Waals surface area contributed by atoms with E-state index in [1.165, 1.54) is 0 Å².